The molecule has 0 spiro atoms. The van der Waals surface area contributed by atoms with Gasteiger partial charge in [-0.25, -0.2) is 49.8 Å². The third-order valence-electron chi connectivity index (χ3n) is 10.6. The quantitative estimate of drug-likeness (QED) is 0.0973. The van der Waals surface area contributed by atoms with Gasteiger partial charge in [0.15, 0.2) is 11.3 Å². The number of fused-ring (bicyclic) bond motifs is 5. The van der Waals surface area contributed by atoms with Crippen LogP contribution in [-0.4, -0.2) is 74.8 Å². The van der Waals surface area contributed by atoms with E-state index in [-0.39, 0.29) is 27.1 Å². The number of aromatic nitrogens is 15. The Morgan fingerprint density at radius 2 is 0.877 bits per heavy atom. The van der Waals surface area contributed by atoms with Crippen LogP contribution in [0, 0.1) is 0 Å². The van der Waals surface area contributed by atoms with E-state index in [1.165, 1.54) is 22.1 Å². The van der Waals surface area contributed by atoms with E-state index >= 15 is 0 Å². The normalized spacial score (nSPS) is 12.2. The Balaban J connectivity index is 0.000000135. The topological polar surface area (TPSA) is 208 Å². The van der Waals surface area contributed by atoms with Crippen LogP contribution in [0.2, 0.25) is 0 Å². The molecule has 15 heteroatoms. The fourth-order valence-electron chi connectivity index (χ4n) is 7.37. The molecule has 0 aromatic carbocycles. The van der Waals surface area contributed by atoms with Gasteiger partial charge in [0.25, 0.3) is 0 Å². The van der Waals surface area contributed by atoms with Gasteiger partial charge in [-0.15, -0.1) is 0 Å². The van der Waals surface area contributed by atoms with Gasteiger partial charge in [-0.2, -0.15) is 0 Å². The number of nitrogens with zero attached hydrogens (tertiary/aromatic N) is 10. The van der Waals surface area contributed by atoms with Gasteiger partial charge in [0.1, 0.15) is 41.4 Å². The van der Waals surface area contributed by atoms with Crippen LogP contribution in [0.15, 0.2) is 93.1 Å². The van der Waals surface area contributed by atoms with Gasteiger partial charge in [0.2, 0.25) is 0 Å². The molecule has 5 N–H and O–H groups in total. The zero-order valence-electron chi connectivity index (χ0n) is 40.6. The summed E-state index contributed by atoms with van der Waals surface area (Å²) in [6, 6.07) is 8.25. The van der Waals surface area contributed by atoms with E-state index in [0.717, 1.165) is 61.4 Å². The number of aromatic amines is 5. The number of rotatable bonds is 0. The lowest BCUT2D eigenvalue weighted by Gasteiger charge is -2.19. The molecule has 0 aliphatic carbocycles. The molecule has 0 atom stereocenters. The maximum atomic E-state index is 4.32. The number of pyridine rings is 2. The fraction of sp³-hybridized carbons (Fsp3) is 0.400. The first-order valence-electron chi connectivity index (χ1n) is 21.9. The molecule has 10 aromatic rings. The molecule has 0 aliphatic rings. The van der Waals surface area contributed by atoms with Crippen molar-refractivity contribution >= 4 is 55.4 Å². The summed E-state index contributed by atoms with van der Waals surface area (Å²) in [4.78, 5) is 57.1. The van der Waals surface area contributed by atoms with Crippen molar-refractivity contribution in [3.8, 4) is 0 Å². The predicted octanol–water partition coefficient (Wildman–Crippen LogP) is 11.3. The molecule has 0 bridgehead atoms. The monoisotopic (exact) mass is 876 g/mol. The van der Waals surface area contributed by atoms with Gasteiger partial charge >= 0.3 is 0 Å². The summed E-state index contributed by atoms with van der Waals surface area (Å²) in [6.07, 6.45) is 19.4. The lowest BCUT2D eigenvalue weighted by molar-refractivity contribution is 0.573. The summed E-state index contributed by atoms with van der Waals surface area (Å²) in [5.74, 6) is 0. The van der Waals surface area contributed by atoms with E-state index in [1.54, 1.807) is 31.6 Å². The second kappa shape index (κ2) is 18.7. The number of hydrogen-bond donors (Lipinski definition) is 5. The maximum absolute atomic E-state index is 4.32. The molecule has 340 valence electrons. The Labute approximate surface area is 381 Å². The standard InChI is InChI=1S/C11H14N2.3C10H13N3.C9H12N4/c1-11(2,3)9-5-7-13-10-8(9)4-6-12-10;1-10(2,3)8-5-12-9-7(8)4-11-6-13-9;1-10(2,3)7-4-5-11-9-8(7)12-6-13-9;1-10(2,3)8-7-4-5-11-9(7)13-6-12-8;1-9(2,3)7-6-8(12-4-10-6)13-5-11-7/h4-7H,1-3H3,(H,12,13);3*4-6H,1-3H3,(H,11,12,13);4-5H,1-3H3,(H,10,11,12,13). The predicted molar refractivity (Wildman–Crippen MR) is 263 cm³/mol. The Hall–Kier alpha value is -6.90. The van der Waals surface area contributed by atoms with Gasteiger partial charge in [-0.3, -0.25) is 0 Å². The third-order valence-corrected chi connectivity index (χ3v) is 10.6. The van der Waals surface area contributed by atoms with Crippen LogP contribution in [0.25, 0.3) is 55.4 Å². The van der Waals surface area contributed by atoms with Crippen LogP contribution in [-0.2, 0) is 27.1 Å². The highest BCUT2D eigenvalue weighted by Gasteiger charge is 2.22. The van der Waals surface area contributed by atoms with E-state index in [9.17, 15) is 0 Å². The summed E-state index contributed by atoms with van der Waals surface area (Å²) in [5, 5.41) is 3.47. The number of nitrogens with one attached hydrogen (secondary N) is 5. The van der Waals surface area contributed by atoms with E-state index in [0.29, 0.717) is 0 Å². The third kappa shape index (κ3) is 11.4. The molecular formula is C50H65N15. The Morgan fingerprint density at radius 1 is 0.369 bits per heavy atom. The van der Waals surface area contributed by atoms with Gasteiger partial charge < -0.3 is 24.9 Å². The average molecular weight is 876 g/mol. The molecular weight excluding hydrogens is 811 g/mol. The van der Waals surface area contributed by atoms with Crippen LogP contribution in [0.4, 0.5) is 0 Å². The molecule has 0 fully saturated rings. The zero-order valence-corrected chi connectivity index (χ0v) is 40.6. The lowest BCUT2D eigenvalue weighted by Crippen LogP contribution is -2.14. The van der Waals surface area contributed by atoms with E-state index < -0.39 is 0 Å². The van der Waals surface area contributed by atoms with Crippen molar-refractivity contribution in [2.45, 2.75) is 131 Å². The Morgan fingerprint density at radius 3 is 1.51 bits per heavy atom. The fourth-order valence-corrected chi connectivity index (χ4v) is 7.37. The number of H-pyrrole nitrogens is 5. The average Bonchev–Trinajstić information content (AvgIpc) is 4.08. The van der Waals surface area contributed by atoms with Crippen LogP contribution >= 0.6 is 0 Å². The Kier molecular flexibility index (Phi) is 13.7. The Bertz CT molecular complexity index is 2740. The minimum atomic E-state index is 0.0216. The van der Waals surface area contributed by atoms with Crippen molar-refractivity contribution in [2.75, 3.05) is 0 Å². The molecule has 0 saturated carbocycles. The highest BCUT2D eigenvalue weighted by Crippen LogP contribution is 2.30. The SMILES string of the molecule is CC(C)(C)c1c[nH]c2ncncc12.CC(C)(C)c1ccnc2[nH]ccc12.CC(C)(C)c1ccnc2nc[nH]c12.CC(C)(C)c1ncnc2[nH]ccc12.CC(C)(C)c1ncnc2nc[nH]c12. The highest BCUT2D eigenvalue weighted by molar-refractivity contribution is 5.81. The molecule has 10 rings (SSSR count). The lowest BCUT2D eigenvalue weighted by atomic mass is 9.86. The van der Waals surface area contributed by atoms with Crippen molar-refractivity contribution < 1.29 is 0 Å². The molecule has 0 aliphatic heterocycles. The van der Waals surface area contributed by atoms with E-state index in [4.69, 9.17) is 0 Å². The van der Waals surface area contributed by atoms with Crippen LogP contribution in [0.1, 0.15) is 132 Å². The zero-order chi connectivity index (χ0) is 47.4. The largest absolute Gasteiger partial charge is 0.346 e. The molecule has 0 radical (unpaired) electrons. The first-order chi connectivity index (χ1) is 30.4. The van der Waals surface area contributed by atoms with Crippen LogP contribution < -0.4 is 0 Å². The van der Waals surface area contributed by atoms with E-state index in [2.05, 4.69) is 191 Å². The van der Waals surface area contributed by atoms with Crippen molar-refractivity contribution in [1.29, 1.82) is 0 Å². The molecule has 10 aromatic heterocycles. The van der Waals surface area contributed by atoms with Gasteiger partial charge in [0.05, 0.1) is 29.6 Å². The molecule has 0 unspecified atom stereocenters. The maximum Gasteiger partial charge on any atom is 0.180 e. The van der Waals surface area contributed by atoms with Crippen molar-refractivity contribution in [1.82, 2.24) is 74.8 Å². The molecule has 65 heavy (non-hydrogen) atoms. The second-order valence-corrected chi connectivity index (χ2v) is 21.1. The summed E-state index contributed by atoms with van der Waals surface area (Å²) in [5.41, 5.74) is 12.9. The molecule has 0 saturated heterocycles. The smallest absolute Gasteiger partial charge is 0.180 e. The van der Waals surface area contributed by atoms with Crippen molar-refractivity contribution in [3.05, 3.63) is 121 Å². The van der Waals surface area contributed by atoms with Crippen molar-refractivity contribution in [3.63, 3.8) is 0 Å². The number of hydrogen-bond acceptors (Lipinski definition) is 10. The van der Waals surface area contributed by atoms with Crippen LogP contribution in [0.5, 0.6) is 0 Å². The molecule has 15 nitrogen and oxygen atoms in total. The summed E-state index contributed by atoms with van der Waals surface area (Å²) >= 11 is 0. The van der Waals surface area contributed by atoms with E-state index in [1.807, 2.05) is 49.3 Å². The summed E-state index contributed by atoms with van der Waals surface area (Å²) in [7, 11) is 0. The van der Waals surface area contributed by atoms with Gasteiger partial charge in [-0.1, -0.05) is 104 Å². The van der Waals surface area contributed by atoms with Crippen molar-refractivity contribution in [2.24, 2.45) is 0 Å². The van der Waals surface area contributed by atoms with Gasteiger partial charge in [-0.05, 0) is 57.2 Å². The minimum Gasteiger partial charge on any atom is -0.346 e. The summed E-state index contributed by atoms with van der Waals surface area (Å²) in [6.45, 7) is 32.6. The first kappa shape index (κ1) is 47.6. The molecule has 10 heterocycles. The van der Waals surface area contributed by atoms with Gasteiger partial charge in [0, 0.05) is 64.2 Å². The molecule has 0 amide bonds. The first-order valence-corrected chi connectivity index (χ1v) is 21.9. The number of imidazole rings is 2. The van der Waals surface area contributed by atoms with Crippen LogP contribution in [0.3, 0.4) is 0 Å². The summed E-state index contributed by atoms with van der Waals surface area (Å²) < 4.78 is 0. The minimum absolute atomic E-state index is 0.0216. The second-order valence-electron chi connectivity index (χ2n) is 21.1. The highest BCUT2D eigenvalue weighted by atomic mass is 15.0.